The smallest absolute Gasteiger partial charge is 0.0540 e. The minimum atomic E-state index is 0.532. The van der Waals surface area contributed by atoms with Crippen LogP contribution in [0.15, 0.2) is 6.20 Å². The predicted octanol–water partition coefficient (Wildman–Crippen LogP) is 2.97. The lowest BCUT2D eigenvalue weighted by molar-refractivity contribution is 0.341. The summed E-state index contributed by atoms with van der Waals surface area (Å²) in [5.41, 5.74) is 3.42. The van der Waals surface area contributed by atoms with Gasteiger partial charge in [-0.2, -0.15) is 5.10 Å². The van der Waals surface area contributed by atoms with E-state index < -0.39 is 0 Å². The van der Waals surface area contributed by atoms with Crippen molar-refractivity contribution in [3.05, 3.63) is 17.5 Å². The second-order valence-electron chi connectivity index (χ2n) is 6.89. The lowest BCUT2D eigenvalue weighted by Crippen LogP contribution is -2.33. The zero-order chi connectivity index (χ0) is 12.8. The third-order valence-electron chi connectivity index (χ3n) is 4.78. The molecular formula is C15H25N3. The largest absolute Gasteiger partial charge is 0.307 e. The first-order valence-corrected chi connectivity index (χ1v) is 7.32. The molecule has 0 aliphatic heterocycles. The summed E-state index contributed by atoms with van der Waals surface area (Å²) in [7, 11) is 2.07. The van der Waals surface area contributed by atoms with Gasteiger partial charge in [-0.1, -0.05) is 13.8 Å². The van der Waals surface area contributed by atoms with Crippen molar-refractivity contribution in [2.75, 3.05) is 0 Å². The summed E-state index contributed by atoms with van der Waals surface area (Å²) in [6.07, 6.45) is 9.85. The van der Waals surface area contributed by atoms with E-state index in [4.69, 9.17) is 0 Å². The van der Waals surface area contributed by atoms with Crippen LogP contribution < -0.4 is 5.32 Å². The number of fused-ring (bicyclic) bond motifs is 1. The Hall–Kier alpha value is -0.830. The molecule has 100 valence electrons. The average Bonchev–Trinajstić information content (AvgIpc) is 2.84. The van der Waals surface area contributed by atoms with E-state index in [1.54, 1.807) is 0 Å². The van der Waals surface area contributed by atoms with E-state index in [1.807, 2.05) is 0 Å². The molecule has 1 aromatic rings. The molecule has 2 aliphatic rings. The van der Waals surface area contributed by atoms with Crippen molar-refractivity contribution in [1.82, 2.24) is 15.1 Å². The molecule has 18 heavy (non-hydrogen) atoms. The van der Waals surface area contributed by atoms with Crippen LogP contribution in [0.25, 0.3) is 0 Å². The van der Waals surface area contributed by atoms with Crippen molar-refractivity contribution >= 4 is 0 Å². The fourth-order valence-corrected chi connectivity index (χ4v) is 3.74. The van der Waals surface area contributed by atoms with Gasteiger partial charge in [0.25, 0.3) is 0 Å². The standard InChI is InChI=1S/C15H25N3/c1-15(2)8-7-11(9-15)17-13-5-4-6-14-12(13)10-16-18(14)3/h10-11,13,17H,4-9H2,1-3H3. The molecule has 1 N–H and O–H groups in total. The number of aryl methyl sites for hydroxylation is 1. The van der Waals surface area contributed by atoms with Gasteiger partial charge < -0.3 is 5.32 Å². The van der Waals surface area contributed by atoms with Crippen LogP contribution in [-0.4, -0.2) is 15.8 Å². The van der Waals surface area contributed by atoms with Gasteiger partial charge in [0.1, 0.15) is 0 Å². The van der Waals surface area contributed by atoms with Crippen LogP contribution in [0.2, 0.25) is 0 Å². The monoisotopic (exact) mass is 247 g/mol. The Bertz CT molecular complexity index is 433. The van der Waals surface area contributed by atoms with E-state index in [1.165, 1.54) is 49.8 Å². The van der Waals surface area contributed by atoms with Crippen molar-refractivity contribution in [2.45, 2.75) is 64.5 Å². The SMILES string of the molecule is Cn1ncc2c1CCCC2NC1CCC(C)(C)C1. The summed E-state index contributed by atoms with van der Waals surface area (Å²) in [5.74, 6) is 0. The molecule has 1 heterocycles. The van der Waals surface area contributed by atoms with E-state index in [2.05, 4.69) is 42.2 Å². The first kappa shape index (κ1) is 12.2. The highest BCUT2D eigenvalue weighted by Gasteiger charge is 2.33. The molecule has 0 aromatic carbocycles. The van der Waals surface area contributed by atoms with Gasteiger partial charge in [0.2, 0.25) is 0 Å². The fourth-order valence-electron chi connectivity index (χ4n) is 3.74. The summed E-state index contributed by atoms with van der Waals surface area (Å²) < 4.78 is 2.06. The molecule has 0 spiro atoms. The van der Waals surface area contributed by atoms with Crippen LogP contribution in [0, 0.1) is 5.41 Å². The molecule has 3 nitrogen and oxygen atoms in total. The molecule has 1 saturated carbocycles. The summed E-state index contributed by atoms with van der Waals surface area (Å²) in [5, 5.41) is 8.32. The van der Waals surface area contributed by atoms with Gasteiger partial charge in [-0.25, -0.2) is 0 Å². The van der Waals surface area contributed by atoms with Crippen LogP contribution in [0.3, 0.4) is 0 Å². The maximum absolute atomic E-state index is 4.43. The van der Waals surface area contributed by atoms with Crippen LogP contribution in [0.5, 0.6) is 0 Å². The summed E-state index contributed by atoms with van der Waals surface area (Å²) >= 11 is 0. The second-order valence-corrected chi connectivity index (χ2v) is 6.89. The lowest BCUT2D eigenvalue weighted by atomic mass is 9.90. The molecule has 0 saturated heterocycles. The van der Waals surface area contributed by atoms with Crippen LogP contribution >= 0.6 is 0 Å². The Morgan fingerprint density at radius 3 is 2.94 bits per heavy atom. The molecule has 0 bridgehead atoms. The highest BCUT2D eigenvalue weighted by Crippen LogP contribution is 2.39. The topological polar surface area (TPSA) is 29.9 Å². The van der Waals surface area contributed by atoms with Crippen molar-refractivity contribution in [1.29, 1.82) is 0 Å². The van der Waals surface area contributed by atoms with E-state index >= 15 is 0 Å². The lowest BCUT2D eigenvalue weighted by Gasteiger charge is -2.27. The third kappa shape index (κ3) is 2.20. The Labute approximate surface area is 110 Å². The van der Waals surface area contributed by atoms with Gasteiger partial charge in [-0.05, 0) is 43.9 Å². The number of hydrogen-bond donors (Lipinski definition) is 1. The van der Waals surface area contributed by atoms with Gasteiger partial charge in [-0.15, -0.1) is 0 Å². The summed E-state index contributed by atoms with van der Waals surface area (Å²) in [6.45, 7) is 4.79. The normalized spacial score (nSPS) is 30.4. The third-order valence-corrected chi connectivity index (χ3v) is 4.78. The van der Waals surface area contributed by atoms with E-state index in [-0.39, 0.29) is 0 Å². The molecule has 2 atom stereocenters. The molecule has 1 aromatic heterocycles. The number of hydrogen-bond acceptors (Lipinski definition) is 2. The number of rotatable bonds is 2. The van der Waals surface area contributed by atoms with E-state index in [0.717, 1.165) is 0 Å². The minimum absolute atomic E-state index is 0.532. The van der Waals surface area contributed by atoms with Crippen LogP contribution in [0.4, 0.5) is 0 Å². The first-order chi connectivity index (χ1) is 8.55. The second kappa shape index (κ2) is 4.37. The highest BCUT2D eigenvalue weighted by atomic mass is 15.3. The number of aromatic nitrogens is 2. The van der Waals surface area contributed by atoms with Crippen molar-refractivity contribution in [2.24, 2.45) is 12.5 Å². The Kier molecular flexibility index (Phi) is 2.97. The van der Waals surface area contributed by atoms with Crippen molar-refractivity contribution < 1.29 is 0 Å². The van der Waals surface area contributed by atoms with Gasteiger partial charge in [0, 0.05) is 30.4 Å². The van der Waals surface area contributed by atoms with Gasteiger partial charge in [0.15, 0.2) is 0 Å². The van der Waals surface area contributed by atoms with E-state index in [0.29, 0.717) is 17.5 Å². The number of nitrogens with one attached hydrogen (secondary N) is 1. The maximum atomic E-state index is 4.43. The molecule has 2 aliphatic carbocycles. The zero-order valence-electron chi connectivity index (χ0n) is 11.9. The van der Waals surface area contributed by atoms with E-state index in [9.17, 15) is 0 Å². The van der Waals surface area contributed by atoms with Crippen LogP contribution in [-0.2, 0) is 13.5 Å². The highest BCUT2D eigenvalue weighted by molar-refractivity contribution is 5.24. The molecule has 3 heteroatoms. The van der Waals surface area contributed by atoms with Gasteiger partial charge in [-0.3, -0.25) is 4.68 Å². The molecule has 3 rings (SSSR count). The maximum Gasteiger partial charge on any atom is 0.0540 e. The zero-order valence-corrected chi connectivity index (χ0v) is 11.9. The van der Waals surface area contributed by atoms with Crippen molar-refractivity contribution in [3.63, 3.8) is 0 Å². The Balaban J connectivity index is 1.71. The summed E-state index contributed by atoms with van der Waals surface area (Å²) in [4.78, 5) is 0. The average molecular weight is 247 g/mol. The van der Waals surface area contributed by atoms with Gasteiger partial charge in [0.05, 0.1) is 6.20 Å². The Morgan fingerprint density at radius 2 is 2.22 bits per heavy atom. The first-order valence-electron chi connectivity index (χ1n) is 7.32. The fraction of sp³-hybridized carbons (Fsp3) is 0.800. The quantitative estimate of drug-likeness (QED) is 0.870. The molecule has 0 radical (unpaired) electrons. The number of nitrogens with zero attached hydrogens (tertiary/aromatic N) is 2. The van der Waals surface area contributed by atoms with Crippen LogP contribution in [0.1, 0.15) is 63.3 Å². The molecule has 1 fully saturated rings. The molecule has 0 amide bonds. The van der Waals surface area contributed by atoms with Crippen molar-refractivity contribution in [3.8, 4) is 0 Å². The minimum Gasteiger partial charge on any atom is -0.307 e. The Morgan fingerprint density at radius 1 is 1.39 bits per heavy atom. The predicted molar refractivity (Wildman–Crippen MR) is 73.4 cm³/mol. The molecule has 2 unspecified atom stereocenters. The van der Waals surface area contributed by atoms with Gasteiger partial charge >= 0.3 is 0 Å². The molecular weight excluding hydrogens is 222 g/mol. The summed E-state index contributed by atoms with van der Waals surface area (Å²) in [6, 6.07) is 1.25.